The van der Waals surface area contributed by atoms with Crippen LogP contribution in [0.5, 0.6) is 5.75 Å². The van der Waals surface area contributed by atoms with Gasteiger partial charge in [0.25, 0.3) is 0 Å². The maximum Gasteiger partial charge on any atom is 0.191 e. The van der Waals surface area contributed by atoms with Crippen molar-refractivity contribution in [3.63, 3.8) is 0 Å². The van der Waals surface area contributed by atoms with Crippen molar-refractivity contribution in [2.24, 2.45) is 10.9 Å². The number of nitrogens with one attached hydrogen (secondary N) is 2. The number of rotatable bonds is 9. The number of hydrogen-bond acceptors (Lipinski definition) is 4. The smallest absolute Gasteiger partial charge is 0.191 e. The van der Waals surface area contributed by atoms with Gasteiger partial charge in [-0.05, 0) is 50.1 Å². The van der Waals surface area contributed by atoms with Crippen LogP contribution in [0, 0.1) is 12.8 Å². The van der Waals surface area contributed by atoms with Gasteiger partial charge in [-0.15, -0.1) is 24.0 Å². The average Bonchev–Trinajstić information content (AvgIpc) is 3.53. The van der Waals surface area contributed by atoms with Gasteiger partial charge >= 0.3 is 0 Å². The highest BCUT2D eigenvalue weighted by molar-refractivity contribution is 14.0. The van der Waals surface area contributed by atoms with Gasteiger partial charge in [-0.3, -0.25) is 0 Å². The Morgan fingerprint density at radius 3 is 2.79 bits per heavy atom. The van der Waals surface area contributed by atoms with Gasteiger partial charge in [-0.2, -0.15) is 5.10 Å². The molecule has 4 rings (SSSR count). The molecule has 34 heavy (non-hydrogen) atoms. The quantitative estimate of drug-likeness (QED) is 0.224. The zero-order valence-electron chi connectivity index (χ0n) is 19.9. The minimum Gasteiger partial charge on any atom is -0.493 e. The number of hydrogen-bond donors (Lipinski definition) is 2. The van der Waals surface area contributed by atoms with Crippen LogP contribution < -0.4 is 15.4 Å². The lowest BCUT2D eigenvalue weighted by atomic mass is 10.1. The highest BCUT2D eigenvalue weighted by atomic mass is 127. The van der Waals surface area contributed by atoms with E-state index in [0.717, 1.165) is 54.8 Å². The van der Waals surface area contributed by atoms with Gasteiger partial charge in [0.2, 0.25) is 0 Å². The zero-order chi connectivity index (χ0) is 22.9. The largest absolute Gasteiger partial charge is 0.493 e. The molecule has 1 aliphatic rings. The van der Waals surface area contributed by atoms with E-state index in [1.54, 1.807) is 0 Å². The molecule has 1 aromatic heterocycles. The molecule has 1 unspecified atom stereocenters. The standard InChI is InChI=1S/C26H33N5O2.HI/c1-3-27-26(29-17-23-11-13-31(30-23)24-7-5-4-6-8-24)28-16-22-10-9-20(2)15-25(22)33-19-21-12-14-32-18-21;/h4-11,13,15,21H,3,12,14,16-19H2,1-2H3,(H2,27,28,29);1H. The predicted molar refractivity (Wildman–Crippen MR) is 146 cm³/mol. The predicted octanol–water partition coefficient (Wildman–Crippen LogP) is 4.47. The SMILES string of the molecule is CCNC(=NCc1ccc(C)cc1OCC1CCOC1)NCc1ccn(-c2ccccc2)n1.I. The molecule has 1 saturated heterocycles. The van der Waals surface area contributed by atoms with Crippen molar-refractivity contribution in [1.82, 2.24) is 20.4 Å². The molecule has 2 heterocycles. The molecule has 1 atom stereocenters. The Balaban J connectivity index is 0.00000324. The monoisotopic (exact) mass is 575 g/mol. The van der Waals surface area contributed by atoms with Gasteiger partial charge in [0.15, 0.2) is 5.96 Å². The Hall–Kier alpha value is -2.59. The Bertz CT molecular complexity index is 1050. The van der Waals surface area contributed by atoms with E-state index in [1.165, 1.54) is 5.56 Å². The summed E-state index contributed by atoms with van der Waals surface area (Å²) >= 11 is 0. The number of benzene rings is 2. The van der Waals surface area contributed by atoms with Gasteiger partial charge in [-0.1, -0.05) is 30.3 Å². The minimum atomic E-state index is 0. The highest BCUT2D eigenvalue weighted by Gasteiger charge is 2.17. The van der Waals surface area contributed by atoms with Crippen LogP contribution in [-0.2, 0) is 17.8 Å². The lowest BCUT2D eigenvalue weighted by Crippen LogP contribution is -2.36. The summed E-state index contributed by atoms with van der Waals surface area (Å²) in [4.78, 5) is 4.79. The van der Waals surface area contributed by atoms with Crippen LogP contribution in [0.1, 0.15) is 30.2 Å². The second-order valence-corrected chi connectivity index (χ2v) is 8.29. The fourth-order valence-corrected chi connectivity index (χ4v) is 3.71. The first-order valence-electron chi connectivity index (χ1n) is 11.6. The third kappa shape index (κ3) is 7.46. The first-order chi connectivity index (χ1) is 16.2. The van der Waals surface area contributed by atoms with Crippen LogP contribution in [0.3, 0.4) is 0 Å². The van der Waals surface area contributed by atoms with E-state index in [1.807, 2.05) is 47.3 Å². The molecule has 2 aromatic carbocycles. The van der Waals surface area contributed by atoms with Crippen LogP contribution in [-0.4, -0.2) is 42.1 Å². The number of ether oxygens (including phenoxy) is 2. The molecule has 182 valence electrons. The van der Waals surface area contributed by atoms with Gasteiger partial charge in [0, 0.05) is 30.8 Å². The van der Waals surface area contributed by atoms with Crippen LogP contribution in [0.15, 0.2) is 65.8 Å². The fourth-order valence-electron chi connectivity index (χ4n) is 3.71. The van der Waals surface area contributed by atoms with Crippen molar-refractivity contribution in [3.05, 3.63) is 77.6 Å². The van der Waals surface area contributed by atoms with E-state index in [0.29, 0.717) is 25.6 Å². The third-order valence-corrected chi connectivity index (χ3v) is 5.57. The Morgan fingerprint density at radius 1 is 1.18 bits per heavy atom. The summed E-state index contributed by atoms with van der Waals surface area (Å²) in [7, 11) is 0. The normalized spacial score (nSPS) is 15.6. The number of aliphatic imine (C=N–C) groups is 1. The van der Waals surface area contributed by atoms with Crippen molar-refractivity contribution in [2.75, 3.05) is 26.4 Å². The number of guanidine groups is 1. The summed E-state index contributed by atoms with van der Waals surface area (Å²) in [6, 6.07) is 18.4. The molecule has 0 amide bonds. The minimum absolute atomic E-state index is 0. The maximum absolute atomic E-state index is 6.17. The van der Waals surface area contributed by atoms with Crippen molar-refractivity contribution >= 4 is 29.9 Å². The molecule has 3 aromatic rings. The third-order valence-electron chi connectivity index (χ3n) is 5.57. The molecule has 1 aliphatic heterocycles. The first kappa shape index (κ1) is 26.0. The summed E-state index contributed by atoms with van der Waals surface area (Å²) in [6.45, 7) is 8.35. The summed E-state index contributed by atoms with van der Waals surface area (Å²) in [5.41, 5.74) is 4.24. The maximum atomic E-state index is 6.17. The number of para-hydroxylation sites is 1. The molecule has 8 heteroatoms. The fraction of sp³-hybridized carbons (Fsp3) is 0.385. The molecule has 0 saturated carbocycles. The lowest BCUT2D eigenvalue weighted by molar-refractivity contribution is 0.166. The van der Waals surface area contributed by atoms with Crippen molar-refractivity contribution in [1.29, 1.82) is 0 Å². The van der Waals surface area contributed by atoms with E-state index >= 15 is 0 Å². The lowest BCUT2D eigenvalue weighted by Gasteiger charge is -2.15. The molecule has 2 N–H and O–H groups in total. The molecule has 0 spiro atoms. The first-order valence-corrected chi connectivity index (χ1v) is 11.6. The molecule has 0 bridgehead atoms. The van der Waals surface area contributed by atoms with Crippen LogP contribution >= 0.6 is 24.0 Å². The molecule has 0 radical (unpaired) electrons. The van der Waals surface area contributed by atoms with Gasteiger partial charge in [-0.25, -0.2) is 9.67 Å². The average molecular weight is 575 g/mol. The van der Waals surface area contributed by atoms with E-state index in [4.69, 9.17) is 14.5 Å². The summed E-state index contributed by atoms with van der Waals surface area (Å²) in [5, 5.41) is 11.4. The summed E-state index contributed by atoms with van der Waals surface area (Å²) < 4.78 is 13.5. The van der Waals surface area contributed by atoms with Crippen LogP contribution in [0.25, 0.3) is 5.69 Å². The van der Waals surface area contributed by atoms with Gasteiger partial charge in [0.05, 0.1) is 37.7 Å². The molecule has 0 aliphatic carbocycles. The molecule has 1 fully saturated rings. The van der Waals surface area contributed by atoms with Crippen molar-refractivity contribution < 1.29 is 9.47 Å². The van der Waals surface area contributed by atoms with E-state index < -0.39 is 0 Å². The Kier molecular flexibility index (Phi) is 10.2. The van der Waals surface area contributed by atoms with Crippen LogP contribution in [0.2, 0.25) is 0 Å². The number of aromatic nitrogens is 2. The Morgan fingerprint density at radius 2 is 2.03 bits per heavy atom. The molecular weight excluding hydrogens is 541 g/mol. The van der Waals surface area contributed by atoms with Gasteiger partial charge < -0.3 is 20.1 Å². The topological polar surface area (TPSA) is 72.7 Å². The Labute approximate surface area is 219 Å². The number of nitrogens with zero attached hydrogens (tertiary/aromatic N) is 3. The molecular formula is C26H34IN5O2. The second-order valence-electron chi connectivity index (χ2n) is 8.29. The number of aryl methyl sites for hydroxylation is 1. The van der Waals surface area contributed by atoms with E-state index in [9.17, 15) is 0 Å². The van der Waals surface area contributed by atoms with Crippen molar-refractivity contribution in [3.8, 4) is 11.4 Å². The van der Waals surface area contributed by atoms with E-state index in [-0.39, 0.29) is 24.0 Å². The van der Waals surface area contributed by atoms with Crippen molar-refractivity contribution in [2.45, 2.75) is 33.4 Å². The molecule has 7 nitrogen and oxygen atoms in total. The second kappa shape index (κ2) is 13.3. The zero-order valence-corrected chi connectivity index (χ0v) is 22.2. The van der Waals surface area contributed by atoms with E-state index in [2.05, 4.69) is 47.8 Å². The summed E-state index contributed by atoms with van der Waals surface area (Å²) in [5.74, 6) is 2.13. The van der Waals surface area contributed by atoms with Crippen LogP contribution in [0.4, 0.5) is 0 Å². The highest BCUT2D eigenvalue weighted by Crippen LogP contribution is 2.23. The number of halogens is 1. The van der Waals surface area contributed by atoms with Gasteiger partial charge in [0.1, 0.15) is 5.75 Å². The summed E-state index contributed by atoms with van der Waals surface area (Å²) in [6.07, 6.45) is 3.04.